The van der Waals surface area contributed by atoms with Crippen LogP contribution < -0.4 is 9.47 Å². The van der Waals surface area contributed by atoms with Crippen molar-refractivity contribution in [3.8, 4) is 11.5 Å². The van der Waals surface area contributed by atoms with Crippen LogP contribution in [0.2, 0.25) is 0 Å². The molecular weight excluding hydrogens is 196 g/mol. The van der Waals surface area contributed by atoms with Gasteiger partial charge in [0.2, 0.25) is 0 Å². The Hall–Kier alpha value is -0.830. The summed E-state index contributed by atoms with van der Waals surface area (Å²) < 4.78 is 10.8. The Morgan fingerprint density at radius 1 is 1.14 bits per heavy atom. The van der Waals surface area contributed by atoms with E-state index in [9.17, 15) is 0 Å². The van der Waals surface area contributed by atoms with Gasteiger partial charge in [-0.15, -0.1) is 11.8 Å². The second-order valence-corrected chi connectivity index (χ2v) is 4.09. The van der Waals surface area contributed by atoms with Gasteiger partial charge in [0.05, 0.1) is 13.2 Å². The van der Waals surface area contributed by atoms with E-state index in [0.29, 0.717) is 0 Å². The highest BCUT2D eigenvalue weighted by Crippen LogP contribution is 2.28. The lowest BCUT2D eigenvalue weighted by Crippen LogP contribution is -2.05. The monoisotopic (exact) mass is 212 g/mol. The SMILES string of the molecule is COc1cc(OC(C)C)cc(SC)c1. The summed E-state index contributed by atoms with van der Waals surface area (Å²) in [5, 5.41) is 0. The summed E-state index contributed by atoms with van der Waals surface area (Å²) in [5.41, 5.74) is 0. The fourth-order valence-corrected chi connectivity index (χ4v) is 1.59. The van der Waals surface area contributed by atoms with Gasteiger partial charge in [0, 0.05) is 11.0 Å². The van der Waals surface area contributed by atoms with Crippen molar-refractivity contribution in [3.05, 3.63) is 18.2 Å². The number of rotatable bonds is 4. The predicted molar refractivity (Wildman–Crippen MR) is 60.5 cm³/mol. The Labute approximate surface area is 89.6 Å². The molecule has 0 aliphatic rings. The maximum atomic E-state index is 5.61. The molecule has 0 saturated heterocycles. The third kappa shape index (κ3) is 3.14. The molecular formula is C11H16O2S. The minimum atomic E-state index is 0.191. The lowest BCUT2D eigenvalue weighted by molar-refractivity contribution is 0.240. The molecule has 0 aliphatic heterocycles. The maximum Gasteiger partial charge on any atom is 0.124 e. The standard InChI is InChI=1S/C11H16O2S/c1-8(2)13-10-5-9(12-3)6-11(7-10)14-4/h5-8H,1-4H3. The molecule has 3 heteroatoms. The van der Waals surface area contributed by atoms with Crippen LogP contribution in [0.5, 0.6) is 11.5 Å². The van der Waals surface area contributed by atoms with Crippen molar-refractivity contribution in [2.75, 3.05) is 13.4 Å². The normalized spacial score (nSPS) is 10.4. The zero-order valence-corrected chi connectivity index (χ0v) is 9.85. The summed E-state index contributed by atoms with van der Waals surface area (Å²) in [7, 11) is 1.67. The largest absolute Gasteiger partial charge is 0.497 e. The van der Waals surface area contributed by atoms with Crippen LogP contribution in [-0.2, 0) is 0 Å². The van der Waals surface area contributed by atoms with Gasteiger partial charge in [-0.25, -0.2) is 0 Å². The molecule has 0 unspecified atom stereocenters. The molecule has 1 aromatic carbocycles. The van der Waals surface area contributed by atoms with Crippen LogP contribution in [0.1, 0.15) is 13.8 Å². The summed E-state index contributed by atoms with van der Waals surface area (Å²) in [4.78, 5) is 1.15. The summed E-state index contributed by atoms with van der Waals surface area (Å²) in [6.45, 7) is 4.02. The van der Waals surface area contributed by atoms with E-state index in [1.54, 1.807) is 18.9 Å². The average molecular weight is 212 g/mol. The minimum absolute atomic E-state index is 0.191. The van der Waals surface area contributed by atoms with Crippen LogP contribution in [-0.4, -0.2) is 19.5 Å². The topological polar surface area (TPSA) is 18.5 Å². The second kappa shape index (κ2) is 5.15. The third-order valence-corrected chi connectivity index (χ3v) is 2.40. The van der Waals surface area contributed by atoms with E-state index in [-0.39, 0.29) is 6.10 Å². The number of thioether (sulfide) groups is 1. The first-order valence-corrected chi connectivity index (χ1v) is 5.78. The van der Waals surface area contributed by atoms with Crippen LogP contribution in [0.3, 0.4) is 0 Å². The highest BCUT2D eigenvalue weighted by Gasteiger charge is 2.03. The number of hydrogen-bond donors (Lipinski definition) is 0. The Bertz CT molecular complexity index is 275. The second-order valence-electron chi connectivity index (χ2n) is 3.21. The first kappa shape index (κ1) is 11.2. The molecule has 0 amide bonds. The molecule has 1 aromatic rings. The molecule has 78 valence electrons. The van der Waals surface area contributed by atoms with Gasteiger partial charge in [0.15, 0.2) is 0 Å². The predicted octanol–water partition coefficient (Wildman–Crippen LogP) is 3.20. The van der Waals surface area contributed by atoms with Gasteiger partial charge in [-0.2, -0.15) is 0 Å². The van der Waals surface area contributed by atoms with Crippen LogP contribution in [0.4, 0.5) is 0 Å². The molecule has 0 saturated carbocycles. The van der Waals surface area contributed by atoms with Crippen molar-refractivity contribution in [1.82, 2.24) is 0 Å². The van der Waals surface area contributed by atoms with Gasteiger partial charge in [-0.3, -0.25) is 0 Å². The van der Waals surface area contributed by atoms with Crippen molar-refractivity contribution in [2.24, 2.45) is 0 Å². The van der Waals surface area contributed by atoms with Gasteiger partial charge in [-0.05, 0) is 32.2 Å². The van der Waals surface area contributed by atoms with E-state index < -0.39 is 0 Å². The Morgan fingerprint density at radius 3 is 2.29 bits per heavy atom. The van der Waals surface area contributed by atoms with Gasteiger partial charge in [0.1, 0.15) is 11.5 Å². The molecule has 0 radical (unpaired) electrons. The Kier molecular flexibility index (Phi) is 4.14. The van der Waals surface area contributed by atoms with Crippen molar-refractivity contribution >= 4 is 11.8 Å². The molecule has 0 aliphatic carbocycles. The van der Waals surface area contributed by atoms with E-state index >= 15 is 0 Å². The van der Waals surface area contributed by atoms with Crippen LogP contribution in [0.15, 0.2) is 23.1 Å². The number of methoxy groups -OCH3 is 1. The molecule has 0 bridgehead atoms. The fraction of sp³-hybridized carbons (Fsp3) is 0.455. The average Bonchev–Trinajstić information content (AvgIpc) is 2.16. The molecule has 0 N–H and O–H groups in total. The molecule has 0 heterocycles. The number of hydrogen-bond acceptors (Lipinski definition) is 3. The van der Waals surface area contributed by atoms with Crippen molar-refractivity contribution in [3.63, 3.8) is 0 Å². The Morgan fingerprint density at radius 2 is 1.79 bits per heavy atom. The first-order chi connectivity index (χ1) is 6.65. The molecule has 1 rings (SSSR count). The zero-order valence-electron chi connectivity index (χ0n) is 9.03. The smallest absolute Gasteiger partial charge is 0.124 e. The van der Waals surface area contributed by atoms with Crippen molar-refractivity contribution < 1.29 is 9.47 Å². The minimum Gasteiger partial charge on any atom is -0.497 e. The maximum absolute atomic E-state index is 5.61. The molecule has 0 spiro atoms. The van der Waals surface area contributed by atoms with E-state index in [1.165, 1.54) is 0 Å². The molecule has 14 heavy (non-hydrogen) atoms. The summed E-state index contributed by atoms with van der Waals surface area (Å²) >= 11 is 1.68. The highest BCUT2D eigenvalue weighted by atomic mass is 32.2. The first-order valence-electron chi connectivity index (χ1n) is 4.55. The third-order valence-electron chi connectivity index (χ3n) is 1.70. The van der Waals surface area contributed by atoms with Gasteiger partial charge < -0.3 is 9.47 Å². The fourth-order valence-electron chi connectivity index (χ4n) is 1.12. The quantitative estimate of drug-likeness (QED) is 0.714. The number of ether oxygens (including phenoxy) is 2. The lowest BCUT2D eigenvalue weighted by Gasteiger charge is -2.12. The lowest BCUT2D eigenvalue weighted by atomic mass is 10.3. The van der Waals surface area contributed by atoms with E-state index in [2.05, 4.69) is 0 Å². The Balaban J connectivity index is 2.92. The summed E-state index contributed by atoms with van der Waals surface area (Å²) in [6, 6.07) is 5.92. The summed E-state index contributed by atoms with van der Waals surface area (Å²) in [6.07, 6.45) is 2.23. The van der Waals surface area contributed by atoms with Crippen LogP contribution in [0, 0.1) is 0 Å². The molecule has 0 aromatic heterocycles. The zero-order chi connectivity index (χ0) is 10.6. The van der Waals surface area contributed by atoms with Crippen molar-refractivity contribution in [1.29, 1.82) is 0 Å². The van der Waals surface area contributed by atoms with Crippen LogP contribution >= 0.6 is 11.8 Å². The van der Waals surface area contributed by atoms with Crippen molar-refractivity contribution in [2.45, 2.75) is 24.8 Å². The van der Waals surface area contributed by atoms with Gasteiger partial charge in [0.25, 0.3) is 0 Å². The molecule has 2 nitrogen and oxygen atoms in total. The summed E-state index contributed by atoms with van der Waals surface area (Å²) in [5.74, 6) is 1.70. The van der Waals surface area contributed by atoms with E-state index in [0.717, 1.165) is 16.4 Å². The van der Waals surface area contributed by atoms with E-state index in [1.807, 2.05) is 38.3 Å². The number of benzene rings is 1. The van der Waals surface area contributed by atoms with Gasteiger partial charge >= 0.3 is 0 Å². The highest BCUT2D eigenvalue weighted by molar-refractivity contribution is 7.98. The van der Waals surface area contributed by atoms with Gasteiger partial charge in [-0.1, -0.05) is 0 Å². The van der Waals surface area contributed by atoms with Crippen LogP contribution in [0.25, 0.3) is 0 Å². The van der Waals surface area contributed by atoms with E-state index in [4.69, 9.17) is 9.47 Å². The molecule has 0 atom stereocenters. The molecule has 0 fully saturated rings.